The molecule has 0 bridgehead atoms. The highest BCUT2D eigenvalue weighted by atomic mass is 32.2. The summed E-state index contributed by atoms with van der Waals surface area (Å²) in [5.74, 6) is 9.56. The Morgan fingerprint density at radius 1 is 0.429 bits per heavy atom. The molecule has 0 saturated carbocycles. The first-order valence-electron chi connectivity index (χ1n) is 46.2. The van der Waals surface area contributed by atoms with E-state index < -0.39 is 0 Å². The van der Waals surface area contributed by atoms with Crippen LogP contribution in [0.1, 0.15) is 193 Å². The zero-order chi connectivity index (χ0) is 107. The first-order valence-corrected chi connectivity index (χ1v) is 52.7. The Labute approximate surface area is 897 Å². The summed E-state index contributed by atoms with van der Waals surface area (Å²) in [6.45, 7) is 32.6. The van der Waals surface area contributed by atoms with Crippen molar-refractivity contribution in [2.75, 3.05) is 49.2 Å². The van der Waals surface area contributed by atoms with Crippen LogP contribution in [0, 0.1) is 69.2 Å². The van der Waals surface area contributed by atoms with Gasteiger partial charge in [0.2, 0.25) is 35.4 Å². The molecule has 16 rings (SSSR count). The first kappa shape index (κ1) is 114. The number of thiocarbonyl (C=S) groups is 3. The third-order valence-corrected chi connectivity index (χ3v) is 29.4. The lowest BCUT2D eigenvalue weighted by molar-refractivity contribution is -0.119. The van der Waals surface area contributed by atoms with Crippen molar-refractivity contribution in [3.05, 3.63) is 373 Å². The molecule has 0 unspecified atom stereocenters. The number of aryl methyl sites for hydroxylation is 6. The number of nitrogens with zero attached hydrogens (tertiary/aromatic N) is 7. The number of hydrazine groups is 2. The first-order chi connectivity index (χ1) is 70.2. The maximum Gasteiger partial charge on any atom is 0.230 e. The number of thiophene rings is 5. The fraction of sp³-hybridized carbons (Fsp3) is 0.198. The predicted octanol–water partition coefficient (Wildman–Crippen LogP) is 24.5. The number of fused-ring (bicyclic) bond motifs is 2. The average molecular weight is 2130 g/mol. The van der Waals surface area contributed by atoms with Crippen LogP contribution in [0.2, 0.25) is 0 Å². The summed E-state index contributed by atoms with van der Waals surface area (Å²) in [5, 5.41) is 43.5. The van der Waals surface area contributed by atoms with Gasteiger partial charge in [0.25, 0.3) is 0 Å². The number of nitrogens with two attached hydrogens (primary N) is 3. The molecule has 6 amide bonds. The van der Waals surface area contributed by atoms with E-state index in [1.54, 1.807) is 107 Å². The molecule has 14 aromatic rings. The second-order valence-electron chi connectivity index (χ2n) is 33.5. The zero-order valence-corrected chi connectivity index (χ0v) is 92.0. The van der Waals surface area contributed by atoms with Crippen LogP contribution in [0.25, 0.3) is 0 Å². The average Bonchev–Trinajstić information content (AvgIpc) is 1.62. The van der Waals surface area contributed by atoms with Gasteiger partial charge < -0.3 is 43.0 Å². The number of nitrogens with one attached hydrogen (secondary N) is 8. The minimum atomic E-state index is -0.218. The van der Waals surface area contributed by atoms with E-state index in [2.05, 4.69) is 149 Å². The lowest BCUT2D eigenvalue weighted by atomic mass is 10.00. The number of aliphatic imine (C=N–C) groups is 2. The van der Waals surface area contributed by atoms with E-state index in [-0.39, 0.29) is 52.8 Å². The smallest absolute Gasteiger partial charge is 0.230 e. The number of ketones is 3. The highest BCUT2D eigenvalue weighted by molar-refractivity contribution is 8.13. The Morgan fingerprint density at radius 3 is 1.17 bits per heavy atom. The minimum absolute atomic E-state index is 0.0845. The number of nitrogen functional groups attached to an aromatic ring is 1. The van der Waals surface area contributed by atoms with Crippen LogP contribution >= 0.6 is 105 Å². The van der Waals surface area contributed by atoms with E-state index in [1.165, 1.54) is 113 Å². The van der Waals surface area contributed by atoms with Crippen LogP contribution in [0.4, 0.5) is 53.4 Å². The minimum Gasteiger partial charge on any atom is -0.390 e. The standard InChI is InChI=1S/C24H24N4OS2.C23H24N4O2S2.C23H22N4OS2.C16H14N2O2S2.C15H16N2O2S.C8H10.C2H6N2O/c1-15-16(2)31-23-21(15)22(19-10-12-20(13-11-19)25-17(3)29)27-28(24(26-23)30-4)14-18-8-6-5-7-9-18;1-14-15(2)31-22(26-23(30)27(24)13-17-7-5-4-6-8-17)20(14)21(29)18-9-11-19(12-10-18)25-16(3)28;1-14-15(2)30-22-20(14)21(18-9-11-19(12-10-18)24-16(3)28)26-27(23(29)25-22)13-17-7-5-4-6-8-17;1-9-10(2)22-16(17-8-21)14(9)15(20)12-4-6-13(7-5-12)18-11(3)19;1-8-9(2)20-15(16)13(8)14(19)11-4-6-12(7-5-11)17-10(3)18;1-2-8-6-4-3-5-7-8;1-2(5)4-3/h5-13H,14H2,1-4H3,(H,25,29);4-12H,13,24H2,1-3H3,(H,25,28)(H,26,30);4-12H,13H2,1-3H3,(H,24,28)(H,25,29);4-7H,1-3H3,(H,18,19);4-7H,16H2,1-3H3,(H,17,18);3-7H,2H2,1H3;3H2,1H3,(H,4,5). The number of carbonyl (C=O) groups is 9. The summed E-state index contributed by atoms with van der Waals surface area (Å²) in [4.78, 5) is 119. The fourth-order valence-corrected chi connectivity index (χ4v) is 20.9. The van der Waals surface area contributed by atoms with Gasteiger partial charge in [-0.2, -0.15) is 15.2 Å². The molecule has 2 aliphatic heterocycles. The SMILES string of the molecule is CC(=O)NN.CC(=O)Nc1ccc(C(=O)c2c(N)sc(C)c2C)cc1.CC(=O)Nc1ccc(C(=O)c2c(N=C=S)sc(C)c2C)cc1.CC(=O)Nc1ccc(C(=O)c2c(NC(=S)N(N)Cc3ccccc3)sc(C)c2C)cc1.CC(=O)Nc1ccc(C2=NN(Cc3ccccc3)C(=S)Nc3sc(C)c(C)c32)cc1.CCc1ccccc1.CSC1=Nc2sc(C)c(C)c2C(c2ccc(NC(C)=O)cc2)=NN1Cc1ccccc1. The molecule has 36 heteroatoms. The number of benzene rings is 9. The number of amides is 6. The van der Waals surface area contributed by atoms with E-state index in [0.29, 0.717) is 95.3 Å². The fourth-order valence-electron chi connectivity index (χ4n) is 14.6. The lowest BCUT2D eigenvalue weighted by Crippen LogP contribution is -2.39. The van der Waals surface area contributed by atoms with E-state index >= 15 is 0 Å². The van der Waals surface area contributed by atoms with Crippen LogP contribution in [0.15, 0.2) is 263 Å². The molecule has 14 N–H and O–H groups in total. The molecule has 0 atom stereocenters. The Morgan fingerprint density at radius 2 is 0.776 bits per heavy atom. The van der Waals surface area contributed by atoms with Gasteiger partial charge in [-0.05, 0) is 266 Å². The number of rotatable bonds is 22. The summed E-state index contributed by atoms with van der Waals surface area (Å²) in [6, 6.07) is 76.7. The van der Waals surface area contributed by atoms with E-state index in [0.717, 1.165) is 109 Å². The van der Waals surface area contributed by atoms with Crippen molar-refractivity contribution < 1.29 is 43.2 Å². The van der Waals surface area contributed by atoms with Crippen molar-refractivity contribution in [1.29, 1.82) is 0 Å². The zero-order valence-electron chi connectivity index (χ0n) is 84.6. The molecular formula is C111H116N18O9S9. The molecule has 0 radical (unpaired) electrons. The predicted molar refractivity (Wildman–Crippen MR) is 620 cm³/mol. The molecule has 27 nitrogen and oxygen atoms in total. The van der Waals surface area contributed by atoms with Gasteiger partial charge in [0.05, 0.1) is 46.5 Å². The van der Waals surface area contributed by atoms with Gasteiger partial charge in [0, 0.05) is 133 Å². The molecule has 2 aliphatic rings. The van der Waals surface area contributed by atoms with Gasteiger partial charge in [-0.3, -0.25) is 53.6 Å². The lowest BCUT2D eigenvalue weighted by Gasteiger charge is -2.20. The Bertz CT molecular complexity index is 7240. The van der Waals surface area contributed by atoms with Crippen molar-refractivity contribution in [1.82, 2.24) is 20.5 Å². The highest BCUT2D eigenvalue weighted by Crippen LogP contribution is 2.43. The summed E-state index contributed by atoms with van der Waals surface area (Å²) in [5.41, 5.74) is 30.4. The van der Waals surface area contributed by atoms with Crippen LogP contribution in [0.3, 0.4) is 0 Å². The maximum atomic E-state index is 13.3. The van der Waals surface area contributed by atoms with Crippen LogP contribution in [-0.4, -0.2) is 106 Å². The van der Waals surface area contributed by atoms with Crippen molar-refractivity contribution in [3.63, 3.8) is 0 Å². The summed E-state index contributed by atoms with van der Waals surface area (Å²) >= 11 is 25.1. The molecule has 758 valence electrons. The second-order valence-corrected chi connectivity index (χ2v) is 41.3. The quantitative estimate of drug-likeness (QED) is 0.00749. The van der Waals surface area contributed by atoms with Crippen LogP contribution in [-0.2, 0) is 54.8 Å². The van der Waals surface area contributed by atoms with Gasteiger partial charge in [-0.1, -0.05) is 164 Å². The summed E-state index contributed by atoms with van der Waals surface area (Å²) in [6.07, 6.45) is 3.17. The molecule has 0 saturated heterocycles. The number of amidine groups is 1. The molecule has 0 fully saturated rings. The number of thioether (sulfide) groups is 1. The number of hydrazone groups is 2. The van der Waals surface area contributed by atoms with Crippen molar-refractivity contribution in [2.24, 2.45) is 31.9 Å². The van der Waals surface area contributed by atoms with Gasteiger partial charge in [-0.25, -0.2) is 26.7 Å². The number of hydrogen-bond donors (Lipinski definition) is 11. The number of hydrogen-bond acceptors (Lipinski definition) is 26. The maximum absolute atomic E-state index is 13.3. The normalized spacial score (nSPS) is 11.3. The van der Waals surface area contributed by atoms with Crippen molar-refractivity contribution in [2.45, 2.75) is 144 Å². The largest absolute Gasteiger partial charge is 0.390 e. The van der Waals surface area contributed by atoms with Crippen LogP contribution in [0.5, 0.6) is 0 Å². The van der Waals surface area contributed by atoms with Gasteiger partial charge in [0.1, 0.15) is 31.4 Å². The monoisotopic (exact) mass is 2130 g/mol. The Hall–Kier alpha value is -14.6. The van der Waals surface area contributed by atoms with Crippen molar-refractivity contribution in [3.8, 4) is 0 Å². The molecule has 0 spiro atoms. The molecule has 9 aromatic carbocycles. The summed E-state index contributed by atoms with van der Waals surface area (Å²) in [7, 11) is 0. The molecule has 147 heavy (non-hydrogen) atoms. The molecule has 5 aromatic heterocycles. The third kappa shape index (κ3) is 32.4. The molecule has 7 heterocycles. The molecule has 0 aliphatic carbocycles. The second kappa shape index (κ2) is 55.1. The van der Waals surface area contributed by atoms with Crippen LogP contribution < -0.4 is 60.1 Å². The number of anilines is 8. The highest BCUT2D eigenvalue weighted by Gasteiger charge is 2.31. The van der Waals surface area contributed by atoms with E-state index in [1.807, 2.05) is 185 Å². The van der Waals surface area contributed by atoms with E-state index in [9.17, 15) is 43.2 Å². The Balaban J connectivity index is 0.000000184. The Kier molecular flexibility index (Phi) is 42.8. The topological polar surface area (TPSA) is 387 Å². The molecular weight excluding hydrogens is 2020 g/mol. The number of carbonyl (C=O) groups excluding carboxylic acids is 9. The van der Waals surface area contributed by atoms with Gasteiger partial charge in [-0.15, -0.1) is 56.7 Å². The van der Waals surface area contributed by atoms with Gasteiger partial charge in [0.15, 0.2) is 32.7 Å². The summed E-state index contributed by atoms with van der Waals surface area (Å²) < 4.78 is 0. The van der Waals surface area contributed by atoms with Crippen molar-refractivity contribution >= 4 is 243 Å². The number of isothiocyanates is 1. The van der Waals surface area contributed by atoms with E-state index in [4.69, 9.17) is 51.2 Å². The van der Waals surface area contributed by atoms with Gasteiger partial charge >= 0.3 is 0 Å². The third-order valence-electron chi connectivity index (χ3n) is 22.6.